The summed E-state index contributed by atoms with van der Waals surface area (Å²) < 4.78 is 9.91. The Morgan fingerprint density at radius 2 is 1.86 bits per heavy atom. The van der Waals surface area contributed by atoms with Crippen molar-refractivity contribution in [1.82, 2.24) is 5.32 Å². The SMILES string of the molecule is COC(=O)CC12CC(NC(=O)OCc3ccccc3)(C1)C2. The molecule has 0 saturated heterocycles. The maximum absolute atomic E-state index is 11.8. The Hall–Kier alpha value is -2.04. The van der Waals surface area contributed by atoms with Gasteiger partial charge in [-0.15, -0.1) is 0 Å². The van der Waals surface area contributed by atoms with E-state index in [2.05, 4.69) is 5.32 Å². The van der Waals surface area contributed by atoms with Crippen LogP contribution in [-0.4, -0.2) is 24.7 Å². The third-order valence-electron chi connectivity index (χ3n) is 4.47. The zero-order valence-corrected chi connectivity index (χ0v) is 12.1. The molecule has 21 heavy (non-hydrogen) atoms. The molecule has 3 saturated carbocycles. The Bertz CT molecular complexity index is 535. The molecule has 0 aliphatic heterocycles. The number of hydrogen-bond donors (Lipinski definition) is 1. The Balaban J connectivity index is 1.41. The van der Waals surface area contributed by atoms with Gasteiger partial charge in [-0.2, -0.15) is 0 Å². The third kappa shape index (κ3) is 2.73. The van der Waals surface area contributed by atoms with E-state index in [1.54, 1.807) is 0 Å². The van der Waals surface area contributed by atoms with E-state index in [1.807, 2.05) is 30.3 Å². The monoisotopic (exact) mass is 289 g/mol. The smallest absolute Gasteiger partial charge is 0.407 e. The van der Waals surface area contributed by atoms with Crippen LogP contribution < -0.4 is 5.32 Å². The molecule has 4 rings (SSSR count). The molecule has 5 nitrogen and oxygen atoms in total. The van der Waals surface area contributed by atoms with Crippen LogP contribution in [0.15, 0.2) is 30.3 Å². The summed E-state index contributed by atoms with van der Waals surface area (Å²) in [7, 11) is 1.41. The summed E-state index contributed by atoms with van der Waals surface area (Å²) in [6.07, 6.45) is 2.59. The molecule has 0 aromatic heterocycles. The highest BCUT2D eigenvalue weighted by atomic mass is 16.5. The summed E-state index contributed by atoms with van der Waals surface area (Å²) in [5.74, 6) is -0.171. The molecule has 0 unspecified atom stereocenters. The maximum Gasteiger partial charge on any atom is 0.407 e. The number of esters is 1. The first-order valence-electron chi connectivity index (χ1n) is 7.11. The van der Waals surface area contributed by atoms with Gasteiger partial charge in [0, 0.05) is 5.54 Å². The average molecular weight is 289 g/mol. The van der Waals surface area contributed by atoms with Crippen LogP contribution in [-0.2, 0) is 20.9 Å². The molecule has 3 aliphatic rings. The van der Waals surface area contributed by atoms with Gasteiger partial charge < -0.3 is 14.8 Å². The minimum Gasteiger partial charge on any atom is -0.469 e. The topological polar surface area (TPSA) is 64.6 Å². The Morgan fingerprint density at radius 1 is 1.19 bits per heavy atom. The van der Waals surface area contributed by atoms with Gasteiger partial charge in [0.15, 0.2) is 0 Å². The van der Waals surface area contributed by atoms with Gasteiger partial charge in [0.25, 0.3) is 0 Å². The van der Waals surface area contributed by atoms with Crippen LogP contribution in [0.4, 0.5) is 4.79 Å². The molecule has 1 amide bonds. The average Bonchev–Trinajstić information content (AvgIpc) is 2.42. The molecular weight excluding hydrogens is 270 g/mol. The Morgan fingerprint density at radius 3 is 2.48 bits per heavy atom. The number of alkyl carbamates (subject to hydrolysis) is 1. The molecule has 0 heterocycles. The lowest BCUT2D eigenvalue weighted by Gasteiger charge is -2.70. The van der Waals surface area contributed by atoms with Crippen molar-refractivity contribution < 1.29 is 19.1 Å². The highest BCUT2D eigenvalue weighted by Crippen LogP contribution is 2.69. The molecular formula is C16H19NO4. The summed E-state index contributed by atoms with van der Waals surface area (Å²) >= 11 is 0. The summed E-state index contributed by atoms with van der Waals surface area (Å²) in [6, 6.07) is 9.58. The lowest BCUT2D eigenvalue weighted by atomic mass is 9.38. The van der Waals surface area contributed by atoms with Crippen molar-refractivity contribution in [3.8, 4) is 0 Å². The number of ether oxygens (including phenoxy) is 2. The largest absolute Gasteiger partial charge is 0.469 e. The lowest BCUT2D eigenvalue weighted by Crippen LogP contribution is -2.75. The van der Waals surface area contributed by atoms with E-state index in [-0.39, 0.29) is 29.6 Å². The molecule has 1 aromatic carbocycles. The number of hydrogen-bond acceptors (Lipinski definition) is 4. The van der Waals surface area contributed by atoms with E-state index < -0.39 is 0 Å². The maximum atomic E-state index is 11.8. The van der Waals surface area contributed by atoms with Gasteiger partial charge >= 0.3 is 12.1 Å². The first kappa shape index (κ1) is 13.9. The second-order valence-corrected chi connectivity index (χ2v) is 6.25. The number of carbonyl (C=O) groups is 2. The fourth-order valence-corrected chi connectivity index (χ4v) is 3.67. The number of carbonyl (C=O) groups excluding carboxylic acids is 2. The van der Waals surface area contributed by atoms with Gasteiger partial charge in [0.2, 0.25) is 0 Å². The van der Waals surface area contributed by atoms with E-state index in [0.717, 1.165) is 24.8 Å². The first-order chi connectivity index (χ1) is 10.0. The van der Waals surface area contributed by atoms with Crippen LogP contribution in [0, 0.1) is 5.41 Å². The van der Waals surface area contributed by atoms with Crippen LogP contribution in [0.1, 0.15) is 31.2 Å². The summed E-state index contributed by atoms with van der Waals surface area (Å²) in [6.45, 7) is 0.274. The van der Waals surface area contributed by atoms with Crippen molar-refractivity contribution in [1.29, 1.82) is 0 Å². The fraction of sp³-hybridized carbons (Fsp3) is 0.500. The summed E-state index contributed by atoms with van der Waals surface area (Å²) in [4.78, 5) is 23.1. The van der Waals surface area contributed by atoms with E-state index in [0.29, 0.717) is 6.42 Å². The number of amides is 1. The van der Waals surface area contributed by atoms with Crippen molar-refractivity contribution in [3.05, 3.63) is 35.9 Å². The van der Waals surface area contributed by atoms with Gasteiger partial charge in [-0.3, -0.25) is 4.79 Å². The standard InChI is InChI=1S/C16H19NO4/c1-20-13(18)7-15-9-16(10-15,11-15)17-14(19)21-8-12-5-3-2-4-6-12/h2-6H,7-11H2,1H3,(H,17,19). The second-order valence-electron chi connectivity index (χ2n) is 6.25. The van der Waals surface area contributed by atoms with Crippen molar-refractivity contribution in [3.63, 3.8) is 0 Å². The second kappa shape index (κ2) is 5.06. The Kier molecular flexibility index (Phi) is 3.35. The summed E-state index contributed by atoms with van der Waals surface area (Å²) in [5, 5.41) is 2.93. The van der Waals surface area contributed by atoms with Gasteiger partial charge in [-0.05, 0) is 30.2 Å². The predicted molar refractivity (Wildman–Crippen MR) is 75.4 cm³/mol. The lowest BCUT2D eigenvalue weighted by molar-refractivity contribution is -0.176. The van der Waals surface area contributed by atoms with Crippen LogP contribution in [0.25, 0.3) is 0 Å². The van der Waals surface area contributed by atoms with Gasteiger partial charge in [-0.1, -0.05) is 30.3 Å². The van der Waals surface area contributed by atoms with Crippen molar-refractivity contribution in [2.45, 2.75) is 37.8 Å². The minimum atomic E-state index is -0.384. The molecule has 3 aliphatic carbocycles. The van der Waals surface area contributed by atoms with Crippen LogP contribution in [0.5, 0.6) is 0 Å². The molecule has 0 spiro atoms. The highest BCUT2D eigenvalue weighted by Gasteiger charge is 2.69. The van der Waals surface area contributed by atoms with E-state index in [1.165, 1.54) is 7.11 Å². The summed E-state index contributed by atoms with van der Waals surface area (Å²) in [5.41, 5.74) is 0.870. The first-order valence-corrected chi connectivity index (χ1v) is 7.11. The predicted octanol–water partition coefficient (Wildman–Crippen LogP) is 2.40. The molecule has 1 N–H and O–H groups in total. The van der Waals surface area contributed by atoms with Gasteiger partial charge in [-0.25, -0.2) is 4.79 Å². The van der Waals surface area contributed by atoms with E-state index >= 15 is 0 Å². The van der Waals surface area contributed by atoms with E-state index in [4.69, 9.17) is 9.47 Å². The molecule has 1 aromatic rings. The third-order valence-corrected chi connectivity index (χ3v) is 4.47. The molecule has 112 valence electrons. The zero-order chi connectivity index (χ0) is 14.9. The number of nitrogens with one attached hydrogen (secondary N) is 1. The van der Waals surface area contributed by atoms with Gasteiger partial charge in [0.05, 0.1) is 13.5 Å². The molecule has 0 atom stereocenters. The van der Waals surface area contributed by atoms with Crippen molar-refractivity contribution in [2.24, 2.45) is 5.41 Å². The van der Waals surface area contributed by atoms with Crippen molar-refractivity contribution in [2.75, 3.05) is 7.11 Å². The zero-order valence-electron chi connectivity index (χ0n) is 12.1. The molecule has 5 heteroatoms. The number of methoxy groups -OCH3 is 1. The van der Waals surface area contributed by atoms with Crippen LogP contribution in [0.2, 0.25) is 0 Å². The van der Waals surface area contributed by atoms with Crippen LogP contribution >= 0.6 is 0 Å². The normalized spacial score (nSPS) is 28.8. The van der Waals surface area contributed by atoms with Crippen LogP contribution in [0.3, 0.4) is 0 Å². The molecule has 2 bridgehead atoms. The molecule has 3 fully saturated rings. The highest BCUT2D eigenvalue weighted by molar-refractivity contribution is 5.73. The fourth-order valence-electron chi connectivity index (χ4n) is 3.67. The van der Waals surface area contributed by atoms with Crippen molar-refractivity contribution >= 4 is 12.1 Å². The quantitative estimate of drug-likeness (QED) is 0.845. The Labute approximate surface area is 123 Å². The van der Waals surface area contributed by atoms with E-state index in [9.17, 15) is 9.59 Å². The molecule has 0 radical (unpaired) electrons. The van der Waals surface area contributed by atoms with Gasteiger partial charge in [0.1, 0.15) is 6.61 Å². The number of benzene rings is 1. The minimum absolute atomic E-state index is 0.0554. The number of rotatable bonds is 5.